The highest BCUT2D eigenvalue weighted by Gasteiger charge is 2.21. The second kappa shape index (κ2) is 9.49. The topological polar surface area (TPSA) is 53.6 Å². The number of rotatable bonds is 6. The van der Waals surface area contributed by atoms with Crippen LogP contribution in [0.3, 0.4) is 0 Å². The molecule has 0 aromatic heterocycles. The number of nitrogens with zero attached hydrogens (tertiary/aromatic N) is 1. The lowest BCUT2D eigenvalue weighted by atomic mass is 9.91. The highest BCUT2D eigenvalue weighted by Crippen LogP contribution is 2.22. The molecule has 2 saturated heterocycles. The molecule has 0 saturated carbocycles. The molecule has 144 valence electrons. The van der Waals surface area contributed by atoms with Gasteiger partial charge in [0.25, 0.3) is 0 Å². The van der Waals surface area contributed by atoms with Gasteiger partial charge in [-0.2, -0.15) is 0 Å². The first kappa shape index (κ1) is 19.3. The number of carbonyl (C=O) groups is 1. The molecule has 1 amide bonds. The van der Waals surface area contributed by atoms with E-state index in [-0.39, 0.29) is 11.9 Å². The maximum absolute atomic E-state index is 12.1. The summed E-state index contributed by atoms with van der Waals surface area (Å²) in [4.78, 5) is 14.6. The van der Waals surface area contributed by atoms with Gasteiger partial charge in [0.15, 0.2) is 0 Å². The zero-order chi connectivity index (χ0) is 18.4. The lowest BCUT2D eigenvalue weighted by Crippen LogP contribution is -2.44. The van der Waals surface area contributed by atoms with Crippen LogP contribution in [0.1, 0.15) is 37.8 Å². The number of benzene rings is 1. The second-order valence-corrected chi connectivity index (χ2v) is 8.16. The molecule has 2 heterocycles. The highest BCUT2D eigenvalue weighted by molar-refractivity contribution is 5.76. The van der Waals surface area contributed by atoms with Crippen molar-refractivity contribution in [2.45, 2.75) is 45.8 Å². The number of hydrogen-bond donors (Lipinski definition) is 2. The zero-order valence-corrected chi connectivity index (χ0v) is 16.2. The number of hydrogen-bond acceptors (Lipinski definition) is 4. The van der Waals surface area contributed by atoms with E-state index in [1.807, 2.05) is 0 Å². The molecule has 2 aliphatic rings. The van der Waals surface area contributed by atoms with Gasteiger partial charge in [0.1, 0.15) is 0 Å². The van der Waals surface area contributed by atoms with Crippen LogP contribution in [0.2, 0.25) is 0 Å². The number of amides is 1. The van der Waals surface area contributed by atoms with Gasteiger partial charge in [-0.3, -0.25) is 9.69 Å². The van der Waals surface area contributed by atoms with Crippen molar-refractivity contribution >= 4 is 5.91 Å². The maximum Gasteiger partial charge on any atom is 0.221 e. The van der Waals surface area contributed by atoms with Gasteiger partial charge in [0.05, 0.1) is 13.2 Å². The predicted molar refractivity (Wildman–Crippen MR) is 104 cm³/mol. The molecule has 2 aliphatic heterocycles. The summed E-state index contributed by atoms with van der Waals surface area (Å²) in [5.41, 5.74) is 2.50. The lowest BCUT2D eigenvalue weighted by Gasteiger charge is -2.35. The van der Waals surface area contributed by atoms with Crippen molar-refractivity contribution in [3.8, 4) is 0 Å². The van der Waals surface area contributed by atoms with Crippen molar-refractivity contribution in [1.82, 2.24) is 15.5 Å². The molecule has 3 rings (SSSR count). The van der Waals surface area contributed by atoms with E-state index in [0.29, 0.717) is 19.6 Å². The fourth-order valence-electron chi connectivity index (χ4n) is 4.19. The number of morpholine rings is 1. The molecule has 3 atom stereocenters. The van der Waals surface area contributed by atoms with Crippen LogP contribution >= 0.6 is 0 Å². The van der Waals surface area contributed by atoms with Crippen molar-refractivity contribution in [3.63, 3.8) is 0 Å². The van der Waals surface area contributed by atoms with Crippen molar-refractivity contribution in [2.75, 3.05) is 32.8 Å². The molecular formula is C21H33N3O2. The van der Waals surface area contributed by atoms with E-state index in [1.165, 1.54) is 25.1 Å². The highest BCUT2D eigenvalue weighted by atomic mass is 16.5. The van der Waals surface area contributed by atoms with Crippen LogP contribution in [-0.4, -0.2) is 49.7 Å². The van der Waals surface area contributed by atoms with E-state index in [2.05, 4.69) is 53.6 Å². The molecule has 1 aromatic rings. The maximum atomic E-state index is 12.1. The van der Waals surface area contributed by atoms with Crippen molar-refractivity contribution in [3.05, 3.63) is 35.4 Å². The minimum absolute atomic E-state index is 0.0772. The van der Waals surface area contributed by atoms with E-state index < -0.39 is 0 Å². The normalized spacial score (nSPS) is 27.2. The van der Waals surface area contributed by atoms with Crippen LogP contribution in [0.15, 0.2) is 24.3 Å². The van der Waals surface area contributed by atoms with Crippen LogP contribution in [0.4, 0.5) is 0 Å². The Balaban J connectivity index is 1.41. The monoisotopic (exact) mass is 359 g/mol. The van der Waals surface area contributed by atoms with Gasteiger partial charge >= 0.3 is 0 Å². The number of nitrogens with one attached hydrogen (secondary N) is 2. The number of piperidine rings is 1. The molecule has 1 aromatic carbocycles. The van der Waals surface area contributed by atoms with E-state index in [4.69, 9.17) is 4.74 Å². The van der Waals surface area contributed by atoms with Gasteiger partial charge < -0.3 is 15.4 Å². The number of carbonyl (C=O) groups excluding carboxylic acids is 1. The molecule has 3 unspecified atom stereocenters. The average Bonchev–Trinajstić information content (AvgIpc) is 2.61. The molecule has 0 spiro atoms. The third-order valence-electron chi connectivity index (χ3n) is 5.29. The van der Waals surface area contributed by atoms with Gasteiger partial charge in [-0.25, -0.2) is 0 Å². The summed E-state index contributed by atoms with van der Waals surface area (Å²) in [6.07, 6.45) is 1.82. The van der Waals surface area contributed by atoms with Gasteiger partial charge in [-0.1, -0.05) is 38.1 Å². The van der Waals surface area contributed by atoms with Crippen molar-refractivity contribution in [2.24, 2.45) is 11.8 Å². The molecular weight excluding hydrogens is 326 g/mol. The van der Waals surface area contributed by atoms with Gasteiger partial charge in [0, 0.05) is 45.2 Å². The van der Waals surface area contributed by atoms with Crippen LogP contribution < -0.4 is 10.6 Å². The Morgan fingerprint density at radius 3 is 2.54 bits per heavy atom. The van der Waals surface area contributed by atoms with E-state index >= 15 is 0 Å². The van der Waals surface area contributed by atoms with Gasteiger partial charge in [-0.05, 0) is 29.4 Å². The van der Waals surface area contributed by atoms with Crippen LogP contribution in [-0.2, 0) is 22.6 Å². The lowest BCUT2D eigenvalue weighted by molar-refractivity contribution is -0.122. The summed E-state index contributed by atoms with van der Waals surface area (Å²) >= 11 is 0. The molecule has 0 radical (unpaired) electrons. The Morgan fingerprint density at radius 1 is 1.19 bits per heavy atom. The third kappa shape index (κ3) is 6.08. The zero-order valence-electron chi connectivity index (χ0n) is 16.2. The summed E-state index contributed by atoms with van der Waals surface area (Å²) in [6, 6.07) is 8.80. The number of ether oxygens (including phenoxy) is 1. The predicted octanol–water partition coefficient (Wildman–Crippen LogP) is 2.16. The van der Waals surface area contributed by atoms with E-state index in [0.717, 1.165) is 37.1 Å². The minimum atomic E-state index is 0.0772. The Kier molecular flexibility index (Phi) is 7.06. The second-order valence-electron chi connectivity index (χ2n) is 8.16. The Labute approximate surface area is 157 Å². The summed E-state index contributed by atoms with van der Waals surface area (Å²) in [5.74, 6) is 1.66. The molecule has 0 bridgehead atoms. The van der Waals surface area contributed by atoms with Gasteiger partial charge in [0.2, 0.25) is 5.91 Å². The fraction of sp³-hybridized carbons (Fsp3) is 0.667. The number of likely N-dealkylation sites (tertiary alicyclic amines) is 1. The SMILES string of the molecule is CC1CC(C)CN(Cc2ccc(CNC(=O)CC3COCCN3)cc2)C1. The first-order valence-electron chi connectivity index (χ1n) is 9.96. The first-order valence-corrected chi connectivity index (χ1v) is 9.96. The summed E-state index contributed by atoms with van der Waals surface area (Å²) < 4.78 is 5.39. The molecule has 5 nitrogen and oxygen atoms in total. The van der Waals surface area contributed by atoms with E-state index in [9.17, 15) is 4.79 Å². The van der Waals surface area contributed by atoms with Crippen LogP contribution in [0, 0.1) is 11.8 Å². The largest absolute Gasteiger partial charge is 0.378 e. The third-order valence-corrected chi connectivity index (χ3v) is 5.29. The Morgan fingerprint density at radius 2 is 1.88 bits per heavy atom. The van der Waals surface area contributed by atoms with Gasteiger partial charge in [-0.15, -0.1) is 0 Å². The summed E-state index contributed by atoms with van der Waals surface area (Å²) in [6.45, 7) is 10.9. The van der Waals surface area contributed by atoms with Crippen LogP contribution in [0.25, 0.3) is 0 Å². The summed E-state index contributed by atoms with van der Waals surface area (Å²) in [5, 5.41) is 6.32. The van der Waals surface area contributed by atoms with Crippen molar-refractivity contribution < 1.29 is 9.53 Å². The smallest absolute Gasteiger partial charge is 0.221 e. The molecule has 0 aliphatic carbocycles. The standard InChI is InChI=1S/C21H33N3O2/c1-16-9-17(2)13-24(12-16)14-19-5-3-18(4-6-19)11-23-21(25)10-20-15-26-8-7-22-20/h3-6,16-17,20,22H,7-15H2,1-2H3,(H,23,25). The van der Waals surface area contributed by atoms with E-state index in [1.54, 1.807) is 0 Å². The quantitative estimate of drug-likeness (QED) is 0.817. The molecule has 2 N–H and O–H groups in total. The Hall–Kier alpha value is -1.43. The average molecular weight is 360 g/mol. The minimum Gasteiger partial charge on any atom is -0.378 e. The van der Waals surface area contributed by atoms with Crippen molar-refractivity contribution in [1.29, 1.82) is 0 Å². The van der Waals surface area contributed by atoms with Crippen LogP contribution in [0.5, 0.6) is 0 Å². The Bertz CT molecular complexity index is 559. The summed E-state index contributed by atoms with van der Waals surface area (Å²) in [7, 11) is 0. The molecule has 2 fully saturated rings. The first-order chi connectivity index (χ1) is 12.6. The fourth-order valence-corrected chi connectivity index (χ4v) is 4.19. The molecule has 5 heteroatoms. The molecule has 26 heavy (non-hydrogen) atoms.